The summed E-state index contributed by atoms with van der Waals surface area (Å²) < 4.78 is 15.4. The van der Waals surface area contributed by atoms with E-state index in [9.17, 15) is 18.8 Å². The fourth-order valence-electron chi connectivity index (χ4n) is 4.23. The van der Waals surface area contributed by atoms with Gasteiger partial charge in [0.25, 0.3) is 5.56 Å². The number of pyridine rings is 1. The molecule has 0 saturated carbocycles. The highest BCUT2D eigenvalue weighted by Crippen LogP contribution is 2.25. The first-order valence-corrected chi connectivity index (χ1v) is 12.8. The van der Waals surface area contributed by atoms with E-state index in [1.165, 1.54) is 16.3 Å². The molecular weight excluding hydrogens is 499 g/mol. The van der Waals surface area contributed by atoms with Crippen LogP contribution in [0.1, 0.15) is 48.5 Å². The monoisotopic (exact) mass is 528 g/mol. The number of carbonyl (C=O) groups excluding carboxylic acids is 1. The number of aryl methyl sites for hydroxylation is 2. The van der Waals surface area contributed by atoms with Gasteiger partial charge < -0.3 is 10.0 Å². The number of carboxylic acids is 1. The SMILES string of the molecule is CC(=O)C1CN(N)CCN1c1nc2cc(CCc3nc(C(C)C)cs3)ccn2c(=O)c1C=C(F)C(=O)O. The molecule has 1 fully saturated rings. The summed E-state index contributed by atoms with van der Waals surface area (Å²) in [7, 11) is 0. The number of ketones is 1. The molecule has 37 heavy (non-hydrogen) atoms. The first-order chi connectivity index (χ1) is 17.5. The van der Waals surface area contributed by atoms with E-state index >= 15 is 0 Å². The maximum atomic E-state index is 14.2. The van der Waals surface area contributed by atoms with Crippen LogP contribution < -0.4 is 16.3 Å². The van der Waals surface area contributed by atoms with E-state index in [4.69, 9.17) is 10.9 Å². The van der Waals surface area contributed by atoms with Crippen LogP contribution in [0.15, 0.2) is 34.3 Å². The Kier molecular flexibility index (Phi) is 7.81. The number of thiazole rings is 1. The summed E-state index contributed by atoms with van der Waals surface area (Å²) in [6.07, 6.45) is 3.60. The van der Waals surface area contributed by atoms with Crippen LogP contribution >= 0.6 is 11.3 Å². The zero-order valence-corrected chi connectivity index (χ0v) is 21.7. The molecule has 12 heteroatoms. The van der Waals surface area contributed by atoms with Crippen molar-refractivity contribution in [2.45, 2.75) is 45.6 Å². The Balaban J connectivity index is 1.77. The fourth-order valence-corrected chi connectivity index (χ4v) is 5.19. The van der Waals surface area contributed by atoms with Gasteiger partial charge in [-0.3, -0.25) is 19.8 Å². The summed E-state index contributed by atoms with van der Waals surface area (Å²) in [4.78, 5) is 47.9. The summed E-state index contributed by atoms with van der Waals surface area (Å²) in [5, 5.41) is 13.6. The third kappa shape index (κ3) is 5.76. The van der Waals surface area contributed by atoms with Gasteiger partial charge in [0.2, 0.25) is 5.83 Å². The molecule has 1 aliphatic rings. The molecule has 1 aliphatic heterocycles. The Morgan fingerprint density at radius 3 is 2.70 bits per heavy atom. The van der Waals surface area contributed by atoms with Crippen LogP contribution in [0, 0.1) is 0 Å². The second-order valence-corrected chi connectivity index (χ2v) is 10.3. The van der Waals surface area contributed by atoms with Gasteiger partial charge in [0.05, 0.1) is 16.3 Å². The van der Waals surface area contributed by atoms with E-state index in [0.29, 0.717) is 30.6 Å². The lowest BCUT2D eigenvalue weighted by atomic mass is 10.1. The summed E-state index contributed by atoms with van der Waals surface area (Å²) in [6.45, 7) is 6.41. The minimum absolute atomic E-state index is 0.0494. The van der Waals surface area contributed by atoms with Crippen molar-refractivity contribution in [2.75, 3.05) is 24.5 Å². The average Bonchev–Trinajstić information content (AvgIpc) is 3.33. The number of carboxylic acid groups (broad SMARTS) is 1. The molecule has 0 bridgehead atoms. The predicted molar refractivity (Wildman–Crippen MR) is 139 cm³/mol. The van der Waals surface area contributed by atoms with Crippen LogP contribution in [-0.2, 0) is 22.4 Å². The molecule has 0 aliphatic carbocycles. The Bertz CT molecular complexity index is 1430. The number of rotatable bonds is 8. The molecule has 3 aromatic heterocycles. The highest BCUT2D eigenvalue weighted by Gasteiger charge is 2.32. The minimum Gasteiger partial charge on any atom is -0.476 e. The quantitative estimate of drug-likeness (QED) is 0.334. The molecule has 3 N–H and O–H groups in total. The smallest absolute Gasteiger partial charge is 0.364 e. The van der Waals surface area contributed by atoms with Crippen molar-refractivity contribution < 1.29 is 19.1 Å². The number of halogens is 1. The lowest BCUT2D eigenvalue weighted by molar-refractivity contribution is -0.134. The van der Waals surface area contributed by atoms with Gasteiger partial charge >= 0.3 is 5.97 Å². The topological polar surface area (TPSA) is 134 Å². The zero-order valence-electron chi connectivity index (χ0n) is 20.8. The lowest BCUT2D eigenvalue weighted by Gasteiger charge is -2.39. The summed E-state index contributed by atoms with van der Waals surface area (Å²) in [5.41, 5.74) is 1.41. The standard InChI is InChI=1S/C25H29FN6O4S/c1-14(2)19-13-37-22(28-19)5-4-16-6-7-32-21(10-16)29-23(17(24(32)34)11-18(26)25(35)36)31-9-8-30(27)12-20(31)15(3)33/h6-7,10-11,13-14,20H,4-5,8-9,12,27H2,1-3H3,(H,35,36). The van der Waals surface area contributed by atoms with Gasteiger partial charge in [0.15, 0.2) is 5.78 Å². The van der Waals surface area contributed by atoms with Crippen LogP contribution in [0.3, 0.4) is 0 Å². The van der Waals surface area contributed by atoms with E-state index in [-0.39, 0.29) is 30.3 Å². The number of anilines is 1. The predicted octanol–water partition coefficient (Wildman–Crippen LogP) is 2.41. The largest absolute Gasteiger partial charge is 0.476 e. The second-order valence-electron chi connectivity index (χ2n) is 9.35. The van der Waals surface area contributed by atoms with Crippen LogP contribution in [0.4, 0.5) is 10.2 Å². The van der Waals surface area contributed by atoms with Crippen molar-refractivity contribution >= 4 is 40.6 Å². The van der Waals surface area contributed by atoms with Crippen molar-refractivity contribution in [3.63, 3.8) is 0 Å². The molecule has 4 rings (SSSR count). The van der Waals surface area contributed by atoms with E-state index in [0.717, 1.165) is 22.7 Å². The van der Waals surface area contributed by atoms with Gasteiger partial charge in [-0.1, -0.05) is 13.8 Å². The molecule has 1 saturated heterocycles. The zero-order chi connectivity index (χ0) is 26.9. The number of nitrogens with zero attached hydrogens (tertiary/aromatic N) is 5. The molecule has 4 heterocycles. The van der Waals surface area contributed by atoms with Gasteiger partial charge in [0, 0.05) is 37.6 Å². The molecule has 0 aromatic carbocycles. The number of hydrogen-bond acceptors (Lipinski definition) is 9. The van der Waals surface area contributed by atoms with Crippen LogP contribution in [0.25, 0.3) is 11.7 Å². The van der Waals surface area contributed by atoms with Crippen LogP contribution in [0.5, 0.6) is 0 Å². The second kappa shape index (κ2) is 10.9. The van der Waals surface area contributed by atoms with Gasteiger partial charge in [-0.15, -0.1) is 11.3 Å². The highest BCUT2D eigenvalue weighted by atomic mass is 32.1. The van der Waals surface area contributed by atoms with E-state index in [1.54, 1.807) is 34.6 Å². The summed E-state index contributed by atoms with van der Waals surface area (Å²) >= 11 is 1.61. The van der Waals surface area contributed by atoms with Crippen LogP contribution in [0.2, 0.25) is 0 Å². The van der Waals surface area contributed by atoms with E-state index in [2.05, 4.69) is 29.2 Å². The third-order valence-corrected chi connectivity index (χ3v) is 7.25. The molecule has 1 unspecified atom stereocenters. The number of piperazine rings is 1. The molecule has 0 amide bonds. The van der Waals surface area contributed by atoms with Gasteiger partial charge in [-0.25, -0.2) is 19.8 Å². The van der Waals surface area contributed by atoms with Crippen molar-refractivity contribution in [1.82, 2.24) is 19.4 Å². The molecule has 1 atom stereocenters. The molecule has 3 aromatic rings. The normalized spacial score (nSPS) is 17.1. The van der Waals surface area contributed by atoms with E-state index < -0.39 is 23.4 Å². The Labute approximate surface area is 216 Å². The molecular formula is C25H29FN6O4S. The average molecular weight is 529 g/mol. The number of carbonyl (C=O) groups is 2. The van der Waals surface area contributed by atoms with Crippen molar-refractivity contribution in [1.29, 1.82) is 0 Å². The Morgan fingerprint density at radius 2 is 2.05 bits per heavy atom. The highest BCUT2D eigenvalue weighted by molar-refractivity contribution is 7.09. The number of Topliss-reactive ketones (excluding diaryl/α,β-unsaturated/α-hetero) is 1. The first-order valence-electron chi connectivity index (χ1n) is 11.9. The van der Waals surface area contributed by atoms with Gasteiger partial charge in [-0.2, -0.15) is 4.39 Å². The number of aliphatic carboxylic acids is 1. The van der Waals surface area contributed by atoms with Gasteiger partial charge in [0.1, 0.15) is 17.5 Å². The maximum absolute atomic E-state index is 14.2. The number of nitrogens with two attached hydrogens (primary N) is 1. The van der Waals surface area contributed by atoms with Gasteiger partial charge in [-0.05, 0) is 43.0 Å². The molecule has 10 nitrogen and oxygen atoms in total. The Morgan fingerprint density at radius 1 is 1.30 bits per heavy atom. The van der Waals surface area contributed by atoms with Crippen LogP contribution in [-0.4, -0.2) is 61.9 Å². The van der Waals surface area contributed by atoms with Crippen molar-refractivity contribution in [2.24, 2.45) is 5.84 Å². The minimum atomic E-state index is -1.80. The van der Waals surface area contributed by atoms with E-state index in [1.807, 2.05) is 0 Å². The maximum Gasteiger partial charge on any atom is 0.364 e. The summed E-state index contributed by atoms with van der Waals surface area (Å²) in [5.74, 6) is 2.81. The Hall–Kier alpha value is -3.48. The number of hydrazine groups is 1. The molecule has 0 spiro atoms. The number of aromatic nitrogens is 3. The fraction of sp³-hybridized carbons (Fsp3) is 0.400. The molecule has 0 radical (unpaired) electrons. The number of fused-ring (bicyclic) bond motifs is 1. The summed E-state index contributed by atoms with van der Waals surface area (Å²) in [6, 6.07) is 2.82. The van der Waals surface area contributed by atoms with Crippen molar-refractivity contribution in [3.8, 4) is 0 Å². The number of hydrogen-bond donors (Lipinski definition) is 2. The third-order valence-electron chi connectivity index (χ3n) is 6.33. The first kappa shape index (κ1) is 26.6. The molecule has 196 valence electrons. The van der Waals surface area contributed by atoms with Crippen molar-refractivity contribution in [3.05, 3.63) is 61.7 Å². The lowest BCUT2D eigenvalue weighted by Crippen LogP contribution is -2.58.